The van der Waals surface area contributed by atoms with Gasteiger partial charge in [-0.15, -0.1) is 11.3 Å². The highest BCUT2D eigenvalue weighted by Crippen LogP contribution is 2.42. The van der Waals surface area contributed by atoms with Crippen LogP contribution in [0.4, 0.5) is 0 Å². The number of hydrogen-bond donors (Lipinski definition) is 0. The van der Waals surface area contributed by atoms with E-state index in [2.05, 4.69) is 188 Å². The van der Waals surface area contributed by atoms with E-state index in [1.807, 2.05) is 17.4 Å². The van der Waals surface area contributed by atoms with Gasteiger partial charge in [-0.05, 0) is 80.6 Å². The normalized spacial score (nSPS) is 11.4. The van der Waals surface area contributed by atoms with Crippen molar-refractivity contribution in [1.29, 1.82) is 0 Å². The highest BCUT2D eigenvalue weighted by molar-refractivity contribution is 7.25. The largest absolute Gasteiger partial charge is 0.228 e. The second-order valence-electron chi connectivity index (χ2n) is 13.4. The number of nitrogens with zero attached hydrogens (tertiary/aromatic N) is 2. The molecule has 0 spiro atoms. The number of benzene rings is 8. The fraction of sp³-hybridized carbons (Fsp3) is 0. The molecule has 0 fully saturated rings. The molecular formula is C50H32N2S. The maximum Gasteiger partial charge on any atom is 0.161 e. The van der Waals surface area contributed by atoms with E-state index in [1.165, 1.54) is 42.2 Å². The Hall–Kier alpha value is -6.68. The Bertz CT molecular complexity index is 2920. The van der Waals surface area contributed by atoms with Crippen molar-refractivity contribution in [2.75, 3.05) is 0 Å². The summed E-state index contributed by atoms with van der Waals surface area (Å²) in [6.07, 6.45) is 0. The zero-order valence-corrected chi connectivity index (χ0v) is 29.6. The molecule has 0 bridgehead atoms. The van der Waals surface area contributed by atoms with Gasteiger partial charge in [0.15, 0.2) is 5.82 Å². The molecule has 0 N–H and O–H groups in total. The summed E-state index contributed by atoms with van der Waals surface area (Å²) in [7, 11) is 0. The Labute approximate surface area is 312 Å². The average molecular weight is 693 g/mol. The van der Waals surface area contributed by atoms with Gasteiger partial charge in [0.25, 0.3) is 0 Å². The van der Waals surface area contributed by atoms with Gasteiger partial charge in [-0.3, -0.25) is 0 Å². The molecule has 0 saturated carbocycles. The zero-order chi connectivity index (χ0) is 35.1. The zero-order valence-electron chi connectivity index (χ0n) is 28.8. The van der Waals surface area contributed by atoms with E-state index in [9.17, 15) is 0 Å². The van der Waals surface area contributed by atoms with Gasteiger partial charge in [-0.25, -0.2) is 9.97 Å². The molecule has 2 heterocycles. The molecule has 0 aliphatic heterocycles. The summed E-state index contributed by atoms with van der Waals surface area (Å²) in [6, 6.07) is 69.3. The molecule has 10 rings (SSSR count). The standard InChI is InChI=1S/C50H32N2S/c1-3-13-33(14-4-1)34-25-27-35(28-26-34)38-29-39(42-21-12-24-48-49(42)44-20-9-10-23-47(44)53-48)31-40(30-38)46-32-45(37-16-5-2-6-17-37)51-50(52-46)43-22-11-18-36-15-7-8-19-41(36)43/h1-32H. The molecule has 2 nitrogen and oxygen atoms in total. The van der Waals surface area contributed by atoms with Gasteiger partial charge in [0.2, 0.25) is 0 Å². The quantitative estimate of drug-likeness (QED) is 0.173. The fourth-order valence-electron chi connectivity index (χ4n) is 7.49. The summed E-state index contributed by atoms with van der Waals surface area (Å²) in [5.41, 5.74) is 12.0. The van der Waals surface area contributed by atoms with Crippen molar-refractivity contribution in [2.24, 2.45) is 0 Å². The Kier molecular flexibility index (Phi) is 7.71. The fourth-order valence-corrected chi connectivity index (χ4v) is 8.62. The predicted octanol–water partition coefficient (Wildman–Crippen LogP) is 14.0. The molecule has 0 unspecified atom stereocenters. The highest BCUT2D eigenvalue weighted by Gasteiger charge is 2.17. The summed E-state index contributed by atoms with van der Waals surface area (Å²) >= 11 is 1.85. The number of hydrogen-bond acceptors (Lipinski definition) is 3. The van der Waals surface area contributed by atoms with Crippen molar-refractivity contribution in [3.05, 3.63) is 194 Å². The summed E-state index contributed by atoms with van der Waals surface area (Å²) in [6.45, 7) is 0. The van der Waals surface area contributed by atoms with Crippen LogP contribution in [-0.4, -0.2) is 9.97 Å². The molecule has 248 valence electrons. The molecule has 3 heteroatoms. The third-order valence-corrected chi connectivity index (χ3v) is 11.2. The number of thiophene rings is 1. The van der Waals surface area contributed by atoms with Crippen LogP contribution in [0.1, 0.15) is 0 Å². The third-order valence-electron chi connectivity index (χ3n) is 10.1. The predicted molar refractivity (Wildman–Crippen MR) is 225 cm³/mol. The molecule has 0 atom stereocenters. The molecule has 8 aromatic carbocycles. The monoisotopic (exact) mass is 692 g/mol. The van der Waals surface area contributed by atoms with Crippen LogP contribution >= 0.6 is 11.3 Å². The van der Waals surface area contributed by atoms with Gasteiger partial charge in [-0.2, -0.15) is 0 Å². The molecule has 53 heavy (non-hydrogen) atoms. The van der Waals surface area contributed by atoms with Crippen molar-refractivity contribution < 1.29 is 0 Å². The highest BCUT2D eigenvalue weighted by atomic mass is 32.1. The number of fused-ring (bicyclic) bond motifs is 4. The minimum atomic E-state index is 0.711. The van der Waals surface area contributed by atoms with E-state index in [4.69, 9.17) is 9.97 Å². The lowest BCUT2D eigenvalue weighted by Gasteiger charge is -2.15. The molecule has 0 aliphatic carbocycles. The second kappa shape index (κ2) is 13.1. The number of aromatic nitrogens is 2. The van der Waals surface area contributed by atoms with Crippen molar-refractivity contribution in [2.45, 2.75) is 0 Å². The van der Waals surface area contributed by atoms with Gasteiger partial charge < -0.3 is 0 Å². The van der Waals surface area contributed by atoms with E-state index < -0.39 is 0 Å². The number of rotatable bonds is 6. The van der Waals surface area contributed by atoms with E-state index in [-0.39, 0.29) is 0 Å². The lowest BCUT2D eigenvalue weighted by Crippen LogP contribution is -1.97. The molecule has 0 aliphatic rings. The van der Waals surface area contributed by atoms with Crippen LogP contribution in [0.25, 0.3) is 98.2 Å². The Morgan fingerprint density at radius 1 is 0.321 bits per heavy atom. The first kappa shape index (κ1) is 31.1. The maximum absolute atomic E-state index is 5.37. The molecular weight excluding hydrogens is 661 g/mol. The molecule has 0 saturated heterocycles. The van der Waals surface area contributed by atoms with Gasteiger partial charge in [0.05, 0.1) is 11.4 Å². The summed E-state index contributed by atoms with van der Waals surface area (Å²) in [5.74, 6) is 0.711. The van der Waals surface area contributed by atoms with E-state index in [0.29, 0.717) is 5.82 Å². The first-order valence-corrected chi connectivity index (χ1v) is 18.7. The van der Waals surface area contributed by atoms with Gasteiger partial charge >= 0.3 is 0 Å². The first-order valence-electron chi connectivity index (χ1n) is 17.9. The molecule has 0 radical (unpaired) electrons. The van der Waals surface area contributed by atoms with Crippen LogP contribution in [-0.2, 0) is 0 Å². The van der Waals surface area contributed by atoms with Crippen LogP contribution in [0.3, 0.4) is 0 Å². The van der Waals surface area contributed by atoms with E-state index in [1.54, 1.807) is 0 Å². The van der Waals surface area contributed by atoms with Crippen LogP contribution < -0.4 is 0 Å². The van der Waals surface area contributed by atoms with Crippen molar-refractivity contribution in [1.82, 2.24) is 9.97 Å². The Balaban J connectivity index is 1.22. The molecule has 10 aromatic rings. The minimum absolute atomic E-state index is 0.711. The summed E-state index contributed by atoms with van der Waals surface area (Å²) in [5, 5.41) is 4.88. The Morgan fingerprint density at radius 3 is 1.64 bits per heavy atom. The summed E-state index contributed by atoms with van der Waals surface area (Å²) in [4.78, 5) is 10.6. The van der Waals surface area contributed by atoms with Crippen molar-refractivity contribution >= 4 is 42.3 Å². The van der Waals surface area contributed by atoms with Crippen molar-refractivity contribution in [3.63, 3.8) is 0 Å². The van der Waals surface area contributed by atoms with Crippen LogP contribution in [0, 0.1) is 0 Å². The summed E-state index contributed by atoms with van der Waals surface area (Å²) < 4.78 is 2.58. The molecule has 0 amide bonds. The van der Waals surface area contributed by atoms with E-state index >= 15 is 0 Å². The smallest absolute Gasteiger partial charge is 0.161 e. The van der Waals surface area contributed by atoms with Crippen LogP contribution in [0.15, 0.2) is 194 Å². The molecule has 2 aromatic heterocycles. The van der Waals surface area contributed by atoms with Crippen molar-refractivity contribution in [3.8, 4) is 67.3 Å². The van der Waals surface area contributed by atoms with Crippen LogP contribution in [0.5, 0.6) is 0 Å². The lowest BCUT2D eigenvalue weighted by atomic mass is 9.92. The first-order chi connectivity index (χ1) is 26.2. The lowest BCUT2D eigenvalue weighted by molar-refractivity contribution is 1.19. The minimum Gasteiger partial charge on any atom is -0.228 e. The topological polar surface area (TPSA) is 25.8 Å². The average Bonchev–Trinajstić information content (AvgIpc) is 3.63. The van der Waals surface area contributed by atoms with Gasteiger partial charge in [-0.1, -0.05) is 158 Å². The van der Waals surface area contributed by atoms with E-state index in [0.717, 1.165) is 50.2 Å². The second-order valence-corrected chi connectivity index (χ2v) is 14.5. The van der Waals surface area contributed by atoms with Gasteiger partial charge in [0.1, 0.15) is 0 Å². The maximum atomic E-state index is 5.37. The van der Waals surface area contributed by atoms with Crippen LogP contribution in [0.2, 0.25) is 0 Å². The SMILES string of the molecule is c1ccc(-c2ccc(-c3cc(-c4cc(-c5ccccc5)nc(-c5cccc6ccccc56)n4)cc(-c4cccc5sc6ccccc6c45)c3)cc2)cc1. The Morgan fingerprint density at radius 2 is 0.849 bits per heavy atom. The van der Waals surface area contributed by atoms with Gasteiger partial charge in [0, 0.05) is 36.9 Å². The third kappa shape index (κ3) is 5.78.